The van der Waals surface area contributed by atoms with Crippen LogP contribution in [0.15, 0.2) is 53.4 Å². The van der Waals surface area contributed by atoms with E-state index >= 15 is 0 Å². The van der Waals surface area contributed by atoms with Gasteiger partial charge in [-0.2, -0.15) is 13.2 Å². The summed E-state index contributed by atoms with van der Waals surface area (Å²) in [5.41, 5.74) is 1.32. The van der Waals surface area contributed by atoms with Crippen LogP contribution in [0.25, 0.3) is 0 Å². The fourth-order valence-electron chi connectivity index (χ4n) is 2.58. The quantitative estimate of drug-likeness (QED) is 0.761. The van der Waals surface area contributed by atoms with Crippen LogP contribution < -0.4 is 15.4 Å². The number of alkyl halides is 3. The van der Waals surface area contributed by atoms with Crippen LogP contribution in [0.4, 0.5) is 18.9 Å². The van der Waals surface area contributed by atoms with E-state index in [4.69, 9.17) is 4.74 Å². The molecule has 2 aromatic rings. The Morgan fingerprint density at radius 1 is 1.18 bits per heavy atom. The summed E-state index contributed by atoms with van der Waals surface area (Å²) in [5, 5.41) is 4.91. The summed E-state index contributed by atoms with van der Waals surface area (Å²) < 4.78 is 41.4. The van der Waals surface area contributed by atoms with Gasteiger partial charge in [-0.1, -0.05) is 24.3 Å². The van der Waals surface area contributed by atoms with E-state index in [9.17, 15) is 22.8 Å². The van der Waals surface area contributed by atoms with Crippen molar-refractivity contribution < 1.29 is 27.5 Å². The van der Waals surface area contributed by atoms with Gasteiger partial charge in [0.1, 0.15) is 5.75 Å². The van der Waals surface area contributed by atoms with Crippen LogP contribution in [-0.2, 0) is 16.1 Å². The maximum Gasteiger partial charge on any atom is 0.422 e. The Morgan fingerprint density at radius 3 is 2.75 bits per heavy atom. The summed E-state index contributed by atoms with van der Waals surface area (Å²) >= 11 is 1.33. The van der Waals surface area contributed by atoms with E-state index in [2.05, 4.69) is 10.6 Å². The van der Waals surface area contributed by atoms with Crippen molar-refractivity contribution in [2.24, 2.45) is 0 Å². The molecule has 148 valence electrons. The molecule has 0 bridgehead atoms. The fourth-order valence-corrected chi connectivity index (χ4v) is 3.69. The summed E-state index contributed by atoms with van der Waals surface area (Å²) in [5.74, 6) is -0.488. The van der Waals surface area contributed by atoms with Crippen LogP contribution in [0.1, 0.15) is 12.0 Å². The lowest BCUT2D eigenvalue weighted by molar-refractivity contribution is -0.153. The number of ether oxygens (including phenoxy) is 1. The van der Waals surface area contributed by atoms with E-state index < -0.39 is 18.0 Å². The molecule has 2 amide bonds. The van der Waals surface area contributed by atoms with Gasteiger partial charge in [0.25, 0.3) is 0 Å². The van der Waals surface area contributed by atoms with Crippen LogP contribution in [0.3, 0.4) is 0 Å². The number of nitrogens with one attached hydrogen (secondary N) is 2. The molecule has 1 aliphatic rings. The Bertz CT molecular complexity index is 873. The van der Waals surface area contributed by atoms with Gasteiger partial charge in [0.2, 0.25) is 11.8 Å². The monoisotopic (exact) mass is 410 g/mol. The maximum atomic E-state index is 12.2. The molecule has 1 unspecified atom stereocenters. The largest absolute Gasteiger partial charge is 0.484 e. The third-order valence-electron chi connectivity index (χ3n) is 3.87. The molecule has 0 radical (unpaired) electrons. The van der Waals surface area contributed by atoms with Crippen LogP contribution in [0.2, 0.25) is 0 Å². The second-order valence-electron chi connectivity index (χ2n) is 6.12. The number of rotatable bonds is 6. The average Bonchev–Trinajstić information content (AvgIpc) is 2.65. The highest BCUT2D eigenvalue weighted by molar-refractivity contribution is 8.01. The Kier molecular flexibility index (Phi) is 6.13. The smallest absolute Gasteiger partial charge is 0.422 e. The number of thioether (sulfide) groups is 1. The minimum Gasteiger partial charge on any atom is -0.484 e. The van der Waals surface area contributed by atoms with Crippen molar-refractivity contribution >= 4 is 29.3 Å². The third-order valence-corrected chi connectivity index (χ3v) is 5.14. The molecular weight excluding hydrogens is 393 g/mol. The number of fused-ring (bicyclic) bond motifs is 1. The number of halogens is 3. The molecule has 0 saturated carbocycles. The zero-order valence-electron chi connectivity index (χ0n) is 14.6. The molecule has 5 nitrogen and oxygen atoms in total. The standard InChI is InChI=1S/C19H17F3N2O3S/c20-19(21,22)11-27-13-5-3-4-12(8-13)10-23-17(25)9-16-18(26)24-14-6-1-2-7-15(14)28-16/h1-8,16H,9-11H2,(H,23,25)(H,24,26). The predicted octanol–water partition coefficient (Wildman–Crippen LogP) is 3.75. The molecular formula is C19H17F3N2O3S. The Balaban J connectivity index is 1.51. The molecule has 0 fully saturated rings. The van der Waals surface area contributed by atoms with Crippen LogP contribution >= 0.6 is 11.8 Å². The van der Waals surface area contributed by atoms with Crippen molar-refractivity contribution in [1.82, 2.24) is 5.32 Å². The SMILES string of the molecule is O=C(CC1Sc2ccccc2NC1=O)NCc1cccc(OCC(F)(F)F)c1. The number of carbonyl (C=O) groups is 2. The van der Waals surface area contributed by atoms with Crippen molar-refractivity contribution in [1.29, 1.82) is 0 Å². The number of anilines is 1. The second-order valence-corrected chi connectivity index (χ2v) is 7.37. The molecule has 2 aromatic carbocycles. The Morgan fingerprint density at radius 2 is 1.96 bits per heavy atom. The highest BCUT2D eigenvalue weighted by Gasteiger charge is 2.29. The van der Waals surface area contributed by atoms with Gasteiger partial charge < -0.3 is 15.4 Å². The summed E-state index contributed by atoms with van der Waals surface area (Å²) in [7, 11) is 0. The lowest BCUT2D eigenvalue weighted by Gasteiger charge is -2.23. The van der Waals surface area contributed by atoms with Crippen molar-refractivity contribution in [2.45, 2.75) is 29.3 Å². The molecule has 3 rings (SSSR count). The first-order valence-corrected chi connectivity index (χ1v) is 9.30. The molecule has 9 heteroatoms. The first-order chi connectivity index (χ1) is 13.3. The normalized spacial score (nSPS) is 16.1. The number of para-hydroxylation sites is 1. The number of carbonyl (C=O) groups excluding carboxylic acids is 2. The van der Waals surface area contributed by atoms with Gasteiger partial charge in [-0.25, -0.2) is 0 Å². The fraction of sp³-hybridized carbons (Fsp3) is 0.263. The van der Waals surface area contributed by atoms with E-state index in [0.717, 1.165) is 10.6 Å². The maximum absolute atomic E-state index is 12.2. The second kappa shape index (κ2) is 8.55. The highest BCUT2D eigenvalue weighted by Crippen LogP contribution is 2.36. The topological polar surface area (TPSA) is 67.4 Å². The molecule has 1 aliphatic heterocycles. The molecule has 0 spiro atoms. The number of benzene rings is 2. The first kappa shape index (κ1) is 20.1. The number of hydrogen-bond acceptors (Lipinski definition) is 4. The summed E-state index contributed by atoms with van der Waals surface area (Å²) in [6.45, 7) is -1.25. The van der Waals surface area contributed by atoms with Gasteiger partial charge in [0.15, 0.2) is 6.61 Å². The zero-order chi connectivity index (χ0) is 20.1. The number of hydrogen-bond donors (Lipinski definition) is 2. The average molecular weight is 410 g/mol. The first-order valence-electron chi connectivity index (χ1n) is 8.42. The zero-order valence-corrected chi connectivity index (χ0v) is 15.4. The van der Waals surface area contributed by atoms with E-state index in [1.165, 1.54) is 23.9 Å². The third kappa shape index (κ3) is 5.66. The predicted molar refractivity (Wildman–Crippen MR) is 99.2 cm³/mol. The van der Waals surface area contributed by atoms with Gasteiger partial charge in [0, 0.05) is 17.9 Å². The van der Waals surface area contributed by atoms with E-state index in [-0.39, 0.29) is 30.5 Å². The lowest BCUT2D eigenvalue weighted by atomic mass is 10.2. The van der Waals surface area contributed by atoms with Crippen LogP contribution in [-0.4, -0.2) is 29.8 Å². The molecule has 2 N–H and O–H groups in total. The molecule has 0 aromatic heterocycles. The lowest BCUT2D eigenvalue weighted by Crippen LogP contribution is -2.34. The van der Waals surface area contributed by atoms with Crippen LogP contribution in [0, 0.1) is 0 Å². The van der Waals surface area contributed by atoms with Crippen molar-refractivity contribution in [3.63, 3.8) is 0 Å². The van der Waals surface area contributed by atoms with E-state index in [0.29, 0.717) is 5.56 Å². The minimum atomic E-state index is -4.42. The summed E-state index contributed by atoms with van der Waals surface area (Å²) in [6.07, 6.45) is -4.42. The van der Waals surface area contributed by atoms with Gasteiger partial charge in [0.05, 0.1) is 10.9 Å². The van der Waals surface area contributed by atoms with Gasteiger partial charge in [-0.15, -0.1) is 11.8 Å². The van der Waals surface area contributed by atoms with E-state index in [1.54, 1.807) is 18.2 Å². The van der Waals surface area contributed by atoms with E-state index in [1.807, 2.05) is 18.2 Å². The summed E-state index contributed by atoms with van der Waals surface area (Å²) in [6, 6.07) is 13.4. The minimum absolute atomic E-state index is 0.00486. The molecule has 28 heavy (non-hydrogen) atoms. The Labute approximate surface area is 163 Å². The van der Waals surface area contributed by atoms with Crippen LogP contribution in [0.5, 0.6) is 5.75 Å². The highest BCUT2D eigenvalue weighted by atomic mass is 32.2. The van der Waals surface area contributed by atoms with Gasteiger partial charge in [-0.3, -0.25) is 9.59 Å². The molecule has 0 aliphatic carbocycles. The molecule has 0 saturated heterocycles. The van der Waals surface area contributed by atoms with Gasteiger partial charge >= 0.3 is 6.18 Å². The Hall–Kier alpha value is -2.68. The number of amides is 2. The molecule has 1 heterocycles. The van der Waals surface area contributed by atoms with Crippen molar-refractivity contribution in [3.05, 3.63) is 54.1 Å². The van der Waals surface area contributed by atoms with Gasteiger partial charge in [-0.05, 0) is 29.8 Å². The summed E-state index contributed by atoms with van der Waals surface area (Å²) in [4.78, 5) is 25.2. The molecule has 1 atom stereocenters. The van der Waals surface area contributed by atoms with Crippen molar-refractivity contribution in [3.8, 4) is 5.75 Å². The van der Waals surface area contributed by atoms with Crippen molar-refractivity contribution in [2.75, 3.05) is 11.9 Å².